The van der Waals surface area contributed by atoms with E-state index >= 15 is 0 Å². The van der Waals surface area contributed by atoms with E-state index in [-0.39, 0.29) is 11.1 Å². The molecule has 116 valence electrons. The minimum atomic E-state index is -4.78. The van der Waals surface area contributed by atoms with Crippen LogP contribution in [0.15, 0.2) is 42.5 Å². The molecule has 22 heavy (non-hydrogen) atoms. The maximum Gasteiger partial charge on any atom is 0.573 e. The van der Waals surface area contributed by atoms with E-state index in [2.05, 4.69) is 9.47 Å². The van der Waals surface area contributed by atoms with Crippen LogP contribution in [-0.4, -0.2) is 19.4 Å². The molecule has 0 fully saturated rings. The van der Waals surface area contributed by atoms with Crippen LogP contribution in [0.3, 0.4) is 0 Å². The molecule has 0 saturated carbocycles. The van der Waals surface area contributed by atoms with Gasteiger partial charge in [0.1, 0.15) is 11.6 Å². The number of alkyl halides is 3. The van der Waals surface area contributed by atoms with Gasteiger partial charge in [0.25, 0.3) is 0 Å². The van der Waals surface area contributed by atoms with Gasteiger partial charge >= 0.3 is 12.3 Å². The molecule has 0 spiro atoms. The average Bonchev–Trinajstić information content (AvgIpc) is 2.46. The van der Waals surface area contributed by atoms with Gasteiger partial charge in [0.05, 0.1) is 12.7 Å². The topological polar surface area (TPSA) is 35.5 Å². The average molecular weight is 314 g/mol. The minimum absolute atomic E-state index is 0.0424. The van der Waals surface area contributed by atoms with E-state index in [0.717, 1.165) is 18.2 Å². The van der Waals surface area contributed by atoms with Gasteiger partial charge in [-0.05, 0) is 29.8 Å². The zero-order valence-corrected chi connectivity index (χ0v) is 11.3. The fourth-order valence-corrected chi connectivity index (χ4v) is 1.83. The predicted molar refractivity (Wildman–Crippen MR) is 69.9 cm³/mol. The lowest BCUT2D eigenvalue weighted by Gasteiger charge is -2.10. The number of ether oxygens (including phenoxy) is 2. The van der Waals surface area contributed by atoms with E-state index in [1.807, 2.05) is 0 Å². The monoisotopic (exact) mass is 314 g/mol. The van der Waals surface area contributed by atoms with Crippen molar-refractivity contribution in [1.82, 2.24) is 0 Å². The molecule has 3 nitrogen and oxygen atoms in total. The number of carbonyl (C=O) groups is 1. The van der Waals surface area contributed by atoms with E-state index < -0.39 is 23.9 Å². The van der Waals surface area contributed by atoms with Crippen LogP contribution in [0.25, 0.3) is 11.1 Å². The summed E-state index contributed by atoms with van der Waals surface area (Å²) in [5.74, 6) is -1.77. The molecule has 0 heterocycles. The van der Waals surface area contributed by atoms with E-state index in [1.165, 1.54) is 31.4 Å². The minimum Gasteiger partial charge on any atom is -0.465 e. The van der Waals surface area contributed by atoms with Crippen molar-refractivity contribution in [1.29, 1.82) is 0 Å². The Morgan fingerprint density at radius 2 is 1.68 bits per heavy atom. The molecule has 0 N–H and O–H groups in total. The molecule has 2 aromatic carbocycles. The number of hydrogen-bond donors (Lipinski definition) is 0. The fourth-order valence-electron chi connectivity index (χ4n) is 1.83. The molecular formula is C15H10F4O3. The molecule has 0 bridgehead atoms. The van der Waals surface area contributed by atoms with Crippen LogP contribution in [0.2, 0.25) is 0 Å². The largest absolute Gasteiger partial charge is 0.573 e. The van der Waals surface area contributed by atoms with Crippen LogP contribution in [0.5, 0.6) is 5.75 Å². The summed E-state index contributed by atoms with van der Waals surface area (Å²) in [5.41, 5.74) is 0.537. The number of carbonyl (C=O) groups excluding carboxylic acids is 1. The third-order valence-corrected chi connectivity index (χ3v) is 2.79. The molecule has 0 aliphatic rings. The second-order valence-electron chi connectivity index (χ2n) is 4.26. The van der Waals surface area contributed by atoms with Crippen molar-refractivity contribution in [2.24, 2.45) is 0 Å². The van der Waals surface area contributed by atoms with Crippen molar-refractivity contribution in [3.63, 3.8) is 0 Å². The summed E-state index contributed by atoms with van der Waals surface area (Å²) < 4.78 is 58.4. The second kappa shape index (κ2) is 6.05. The molecule has 0 aromatic heterocycles. The summed E-state index contributed by atoms with van der Waals surface area (Å²) in [7, 11) is 1.17. The molecule has 0 aliphatic heterocycles. The molecule has 2 rings (SSSR count). The first-order valence-corrected chi connectivity index (χ1v) is 6.04. The van der Waals surface area contributed by atoms with Gasteiger partial charge in [-0.15, -0.1) is 13.2 Å². The third kappa shape index (κ3) is 3.75. The van der Waals surface area contributed by atoms with E-state index in [9.17, 15) is 22.4 Å². The van der Waals surface area contributed by atoms with Crippen molar-refractivity contribution < 1.29 is 31.8 Å². The Bertz CT molecular complexity index is 678. The van der Waals surface area contributed by atoms with Crippen molar-refractivity contribution in [2.45, 2.75) is 6.36 Å². The lowest BCUT2D eigenvalue weighted by Crippen LogP contribution is -2.16. The van der Waals surface area contributed by atoms with Gasteiger partial charge in [0.15, 0.2) is 0 Å². The number of hydrogen-bond acceptors (Lipinski definition) is 3. The maximum atomic E-state index is 14.0. The van der Waals surface area contributed by atoms with Crippen LogP contribution in [0, 0.1) is 5.82 Å². The summed E-state index contributed by atoms with van der Waals surface area (Å²) in [6.07, 6.45) is -4.78. The van der Waals surface area contributed by atoms with E-state index in [0.29, 0.717) is 5.56 Å². The highest BCUT2D eigenvalue weighted by Crippen LogP contribution is 2.28. The Hall–Kier alpha value is -2.57. The number of rotatable bonds is 3. The first-order chi connectivity index (χ1) is 10.3. The predicted octanol–water partition coefficient (Wildman–Crippen LogP) is 4.18. The van der Waals surface area contributed by atoms with E-state index in [4.69, 9.17) is 0 Å². The Morgan fingerprint density at radius 3 is 2.18 bits per heavy atom. The zero-order chi connectivity index (χ0) is 16.3. The number of benzene rings is 2. The molecule has 0 atom stereocenters. The van der Waals surface area contributed by atoms with Crippen LogP contribution in [-0.2, 0) is 4.74 Å². The highest BCUT2D eigenvalue weighted by Gasteiger charge is 2.31. The van der Waals surface area contributed by atoms with Crippen LogP contribution < -0.4 is 4.74 Å². The lowest BCUT2D eigenvalue weighted by atomic mass is 10.0. The van der Waals surface area contributed by atoms with Gasteiger partial charge in [-0.2, -0.15) is 0 Å². The van der Waals surface area contributed by atoms with Gasteiger partial charge in [-0.25, -0.2) is 9.18 Å². The molecule has 0 saturated heterocycles. The molecule has 7 heteroatoms. The van der Waals surface area contributed by atoms with Gasteiger partial charge < -0.3 is 9.47 Å². The van der Waals surface area contributed by atoms with Gasteiger partial charge in [0, 0.05) is 5.56 Å². The Labute approximate surface area is 123 Å². The highest BCUT2D eigenvalue weighted by molar-refractivity contribution is 5.90. The van der Waals surface area contributed by atoms with E-state index in [1.54, 1.807) is 0 Å². The van der Waals surface area contributed by atoms with Crippen LogP contribution in [0.1, 0.15) is 10.4 Å². The Kier molecular flexibility index (Phi) is 4.35. The molecule has 0 aliphatic carbocycles. The standard InChI is InChI=1S/C15H10F4O3/c1-21-14(20)10-4-7-12(13(16)8-10)9-2-5-11(6-3-9)22-15(17,18)19/h2-8H,1H3. The van der Waals surface area contributed by atoms with Gasteiger partial charge in [-0.3, -0.25) is 0 Å². The third-order valence-electron chi connectivity index (χ3n) is 2.79. The lowest BCUT2D eigenvalue weighted by molar-refractivity contribution is -0.274. The first kappa shape index (κ1) is 15.8. The van der Waals surface area contributed by atoms with Gasteiger partial charge in [-0.1, -0.05) is 18.2 Å². The molecule has 2 aromatic rings. The quantitative estimate of drug-likeness (QED) is 0.630. The number of halogens is 4. The smallest absolute Gasteiger partial charge is 0.465 e. The highest BCUT2D eigenvalue weighted by atomic mass is 19.4. The molecular weight excluding hydrogens is 304 g/mol. The zero-order valence-electron chi connectivity index (χ0n) is 11.3. The summed E-state index contributed by atoms with van der Waals surface area (Å²) in [6, 6.07) is 8.45. The Morgan fingerprint density at radius 1 is 1.05 bits per heavy atom. The van der Waals surface area contributed by atoms with Gasteiger partial charge in [0.2, 0.25) is 0 Å². The first-order valence-electron chi connectivity index (χ1n) is 6.04. The SMILES string of the molecule is COC(=O)c1ccc(-c2ccc(OC(F)(F)F)cc2)c(F)c1. The van der Waals surface area contributed by atoms with Crippen LogP contribution in [0.4, 0.5) is 17.6 Å². The van der Waals surface area contributed by atoms with Crippen molar-refractivity contribution in [2.75, 3.05) is 7.11 Å². The summed E-state index contributed by atoms with van der Waals surface area (Å²) >= 11 is 0. The summed E-state index contributed by atoms with van der Waals surface area (Å²) in [6.45, 7) is 0. The normalized spacial score (nSPS) is 11.1. The number of esters is 1. The Balaban J connectivity index is 2.27. The van der Waals surface area contributed by atoms with Crippen molar-refractivity contribution in [3.05, 3.63) is 53.8 Å². The molecule has 0 amide bonds. The summed E-state index contributed by atoms with van der Waals surface area (Å²) in [4.78, 5) is 11.3. The van der Waals surface area contributed by atoms with Crippen molar-refractivity contribution in [3.8, 4) is 16.9 Å². The summed E-state index contributed by atoms with van der Waals surface area (Å²) in [5, 5.41) is 0. The van der Waals surface area contributed by atoms with Crippen LogP contribution >= 0.6 is 0 Å². The molecule has 0 unspecified atom stereocenters. The second-order valence-corrected chi connectivity index (χ2v) is 4.26. The molecule has 0 radical (unpaired) electrons. The fraction of sp³-hybridized carbons (Fsp3) is 0.133. The maximum absolute atomic E-state index is 14.0. The number of methoxy groups -OCH3 is 1. The van der Waals surface area contributed by atoms with Crippen molar-refractivity contribution >= 4 is 5.97 Å².